The number of nitrogens with one attached hydrogen (secondary N) is 1. The van der Waals surface area contributed by atoms with Crippen molar-refractivity contribution in [1.29, 1.82) is 0 Å². The van der Waals surface area contributed by atoms with E-state index in [1.807, 2.05) is 4.83 Å². The fourth-order valence-corrected chi connectivity index (χ4v) is 3.90. The molecule has 0 aliphatic carbocycles. The number of sulfonamides is 1. The van der Waals surface area contributed by atoms with E-state index in [4.69, 9.17) is 0 Å². The molecule has 0 aliphatic heterocycles. The fourth-order valence-electron chi connectivity index (χ4n) is 2.27. The third-order valence-corrected chi connectivity index (χ3v) is 5.83. The third kappa shape index (κ3) is 5.58. The maximum atomic E-state index is 12.3. The summed E-state index contributed by atoms with van der Waals surface area (Å²) in [6.45, 7) is 0. The van der Waals surface area contributed by atoms with Gasteiger partial charge in [0.05, 0.1) is 25.9 Å². The van der Waals surface area contributed by atoms with Gasteiger partial charge >= 0.3 is 0 Å². The highest BCUT2D eigenvalue weighted by Gasteiger charge is 2.18. The Hall–Kier alpha value is -3.91. The van der Waals surface area contributed by atoms with Crippen LogP contribution in [-0.2, 0) is 10.0 Å². The minimum Gasteiger partial charge on any atom is -0.258 e. The topological polar surface area (TPSA) is 171 Å². The molecule has 1 heterocycles. The quantitative estimate of drug-likeness (QED) is 0.230. The number of nitro benzene ring substituents is 2. The largest absolute Gasteiger partial charge is 0.283 e. The highest BCUT2D eigenvalue weighted by molar-refractivity contribution is 7.99. The molecule has 3 aromatic rings. The Bertz CT molecular complexity index is 1270. The van der Waals surface area contributed by atoms with E-state index in [2.05, 4.69) is 15.1 Å². The highest BCUT2D eigenvalue weighted by atomic mass is 32.2. The van der Waals surface area contributed by atoms with Crippen LogP contribution >= 0.6 is 11.8 Å². The van der Waals surface area contributed by atoms with Gasteiger partial charge in [-0.25, -0.2) is 14.8 Å². The molecule has 0 bridgehead atoms. The van der Waals surface area contributed by atoms with Crippen molar-refractivity contribution < 1.29 is 18.3 Å². The van der Waals surface area contributed by atoms with Gasteiger partial charge in [-0.05, 0) is 30.0 Å². The Kier molecular flexibility index (Phi) is 6.52. The summed E-state index contributed by atoms with van der Waals surface area (Å²) < 4.78 is 24.5. The highest BCUT2D eigenvalue weighted by Crippen LogP contribution is 2.33. The number of hydrogen-bond acceptors (Lipinski definition) is 10. The number of hydrogen-bond donors (Lipinski definition) is 1. The molecule has 0 radical (unpaired) electrons. The molecule has 0 saturated heterocycles. The lowest BCUT2D eigenvalue weighted by Crippen LogP contribution is -2.18. The van der Waals surface area contributed by atoms with E-state index < -0.39 is 25.6 Å². The van der Waals surface area contributed by atoms with E-state index in [0.29, 0.717) is 10.1 Å². The van der Waals surface area contributed by atoms with E-state index >= 15 is 0 Å². The van der Waals surface area contributed by atoms with Gasteiger partial charge < -0.3 is 0 Å². The van der Waals surface area contributed by atoms with Crippen LogP contribution in [-0.4, -0.2) is 34.4 Å². The predicted molar refractivity (Wildman–Crippen MR) is 110 cm³/mol. The second-order valence-corrected chi connectivity index (χ2v) is 8.40. The van der Waals surface area contributed by atoms with E-state index in [9.17, 15) is 28.6 Å². The van der Waals surface area contributed by atoms with Crippen LogP contribution in [0.4, 0.5) is 11.4 Å². The van der Waals surface area contributed by atoms with Crippen molar-refractivity contribution in [3.05, 3.63) is 86.7 Å². The second-order valence-electron chi connectivity index (χ2n) is 5.73. The smallest absolute Gasteiger partial charge is 0.258 e. The van der Waals surface area contributed by atoms with Gasteiger partial charge in [-0.1, -0.05) is 12.1 Å². The predicted octanol–water partition coefficient (Wildman–Crippen LogP) is 2.76. The number of benzene rings is 2. The first kappa shape index (κ1) is 21.8. The summed E-state index contributed by atoms with van der Waals surface area (Å²) >= 11 is 1.01. The van der Waals surface area contributed by atoms with E-state index in [1.54, 1.807) is 6.07 Å². The van der Waals surface area contributed by atoms with Crippen LogP contribution in [0.15, 0.2) is 81.0 Å². The third-order valence-electron chi connectivity index (χ3n) is 3.65. The Balaban J connectivity index is 1.79. The van der Waals surface area contributed by atoms with Crippen LogP contribution < -0.4 is 4.83 Å². The molecule has 2 aromatic carbocycles. The summed E-state index contributed by atoms with van der Waals surface area (Å²) in [5.74, 6) is 0. The van der Waals surface area contributed by atoms with E-state index in [1.165, 1.54) is 42.7 Å². The zero-order chi connectivity index (χ0) is 22.4. The number of non-ortho nitro benzene ring substituents is 1. The lowest BCUT2D eigenvalue weighted by Gasteiger charge is -2.04. The van der Waals surface area contributed by atoms with E-state index in [-0.39, 0.29) is 16.1 Å². The van der Waals surface area contributed by atoms with Crippen LogP contribution in [0.1, 0.15) is 5.56 Å². The molecule has 14 heteroatoms. The van der Waals surface area contributed by atoms with Crippen LogP contribution in [0.2, 0.25) is 0 Å². The molecule has 158 valence electrons. The number of aromatic nitrogens is 2. The Labute approximate surface area is 179 Å². The van der Waals surface area contributed by atoms with Crippen LogP contribution in [0.25, 0.3) is 0 Å². The zero-order valence-electron chi connectivity index (χ0n) is 15.4. The molecule has 3 rings (SSSR count). The normalized spacial score (nSPS) is 11.4. The minimum atomic E-state index is -4.17. The number of rotatable bonds is 8. The fraction of sp³-hybridized carbons (Fsp3) is 0. The van der Waals surface area contributed by atoms with Gasteiger partial charge in [-0.3, -0.25) is 20.2 Å². The van der Waals surface area contributed by atoms with Crippen molar-refractivity contribution in [3.63, 3.8) is 0 Å². The van der Waals surface area contributed by atoms with Crippen LogP contribution in [0.3, 0.4) is 0 Å². The number of nitro groups is 2. The molecule has 1 aromatic heterocycles. The van der Waals surface area contributed by atoms with Gasteiger partial charge in [0, 0.05) is 36.2 Å². The molecular weight excluding hydrogens is 448 g/mol. The lowest BCUT2D eigenvalue weighted by molar-refractivity contribution is -0.387. The van der Waals surface area contributed by atoms with E-state index in [0.717, 1.165) is 30.1 Å². The van der Waals surface area contributed by atoms with Crippen molar-refractivity contribution in [2.24, 2.45) is 5.10 Å². The average Bonchev–Trinajstić information content (AvgIpc) is 2.75. The molecule has 0 aliphatic rings. The summed E-state index contributed by atoms with van der Waals surface area (Å²) in [7, 11) is -4.17. The van der Waals surface area contributed by atoms with Gasteiger partial charge in [-0.2, -0.15) is 13.5 Å². The molecule has 31 heavy (non-hydrogen) atoms. The second kappa shape index (κ2) is 9.27. The van der Waals surface area contributed by atoms with Gasteiger partial charge in [-0.15, -0.1) is 0 Å². The first-order valence-electron chi connectivity index (χ1n) is 8.29. The molecular formula is C17H12N6O6S2. The maximum absolute atomic E-state index is 12.3. The SMILES string of the molecule is O=[N+]([O-])c1cccc(S(=O)(=O)N/N=C\c2ccc(Sc3ncccn3)c([N+](=O)[O-])c2)c1. The Morgan fingerprint density at radius 2 is 1.74 bits per heavy atom. The van der Waals surface area contributed by atoms with Crippen LogP contribution in [0, 0.1) is 20.2 Å². The molecule has 0 spiro atoms. The summed E-state index contributed by atoms with van der Waals surface area (Å²) in [6.07, 6.45) is 4.10. The van der Waals surface area contributed by atoms with Crippen molar-refractivity contribution in [3.8, 4) is 0 Å². The standard InChI is InChI=1S/C17H12N6O6S2/c24-22(25)13-3-1-4-14(10-13)31(28,29)21-20-11-12-5-6-16(15(9-12)23(26)27)30-17-18-7-2-8-19-17/h1-11,21H/b20-11-. The van der Waals surface area contributed by atoms with Gasteiger partial charge in [0.1, 0.15) is 0 Å². The van der Waals surface area contributed by atoms with Crippen molar-refractivity contribution in [1.82, 2.24) is 14.8 Å². The molecule has 0 amide bonds. The summed E-state index contributed by atoms with van der Waals surface area (Å²) in [5, 5.41) is 26.1. The Morgan fingerprint density at radius 3 is 2.42 bits per heavy atom. The van der Waals surface area contributed by atoms with Gasteiger partial charge in [0.2, 0.25) is 0 Å². The van der Waals surface area contributed by atoms with Crippen molar-refractivity contribution >= 4 is 39.4 Å². The monoisotopic (exact) mass is 460 g/mol. The van der Waals surface area contributed by atoms with Crippen molar-refractivity contribution in [2.75, 3.05) is 0 Å². The summed E-state index contributed by atoms with van der Waals surface area (Å²) in [4.78, 5) is 30.8. The van der Waals surface area contributed by atoms with Crippen LogP contribution in [0.5, 0.6) is 0 Å². The minimum absolute atomic E-state index is 0.233. The first-order valence-corrected chi connectivity index (χ1v) is 10.6. The lowest BCUT2D eigenvalue weighted by atomic mass is 10.2. The molecule has 0 fully saturated rings. The first-order chi connectivity index (χ1) is 14.8. The molecule has 0 unspecified atom stereocenters. The number of nitrogens with zero attached hydrogens (tertiary/aromatic N) is 5. The maximum Gasteiger partial charge on any atom is 0.283 e. The summed E-state index contributed by atoms with van der Waals surface area (Å²) in [5.41, 5.74) is -0.368. The Morgan fingerprint density at radius 1 is 1.00 bits per heavy atom. The average molecular weight is 460 g/mol. The van der Waals surface area contributed by atoms with Crippen molar-refractivity contribution in [2.45, 2.75) is 14.9 Å². The summed E-state index contributed by atoms with van der Waals surface area (Å²) in [6, 6.07) is 10.3. The van der Waals surface area contributed by atoms with Gasteiger partial charge in [0.15, 0.2) is 5.16 Å². The van der Waals surface area contributed by atoms with Gasteiger partial charge in [0.25, 0.3) is 21.4 Å². The molecule has 12 nitrogen and oxygen atoms in total. The molecule has 0 atom stereocenters. The molecule has 0 saturated carbocycles. The number of hydrazone groups is 1. The molecule has 1 N–H and O–H groups in total. The zero-order valence-corrected chi connectivity index (χ0v) is 17.0.